The highest BCUT2D eigenvalue weighted by Crippen LogP contribution is 2.22. The van der Waals surface area contributed by atoms with Gasteiger partial charge in [0.1, 0.15) is 6.04 Å². The second-order valence-corrected chi connectivity index (χ2v) is 7.40. The number of benzene rings is 1. The van der Waals surface area contributed by atoms with E-state index < -0.39 is 28.0 Å². The second kappa shape index (κ2) is 7.76. The van der Waals surface area contributed by atoms with Crippen molar-refractivity contribution < 1.29 is 27.9 Å². The Kier molecular flexibility index (Phi) is 6.55. The quantitative estimate of drug-likeness (QED) is 0.716. The van der Waals surface area contributed by atoms with Crippen molar-refractivity contribution >= 4 is 33.6 Å². The van der Waals surface area contributed by atoms with Crippen LogP contribution in [0.15, 0.2) is 23.1 Å². The lowest BCUT2D eigenvalue weighted by atomic mass is 10.1. The van der Waals surface area contributed by atoms with Gasteiger partial charge in [-0.3, -0.25) is 4.79 Å². The summed E-state index contributed by atoms with van der Waals surface area (Å²) < 4.78 is 31.2. The molecule has 7 nitrogen and oxygen atoms in total. The van der Waals surface area contributed by atoms with E-state index in [1.165, 1.54) is 13.2 Å². The fourth-order valence-corrected chi connectivity index (χ4v) is 3.41. The van der Waals surface area contributed by atoms with Crippen molar-refractivity contribution in [3.8, 4) is 0 Å². The zero-order valence-corrected chi connectivity index (χ0v) is 14.4. The Labute approximate surface area is 139 Å². The van der Waals surface area contributed by atoms with Crippen LogP contribution in [0, 0.1) is 5.92 Å². The number of esters is 1. The second-order valence-electron chi connectivity index (χ2n) is 5.27. The maximum Gasteiger partial charge on any atom is 0.339 e. The molecule has 0 aliphatic rings. The van der Waals surface area contributed by atoms with Gasteiger partial charge in [-0.2, -0.15) is 4.72 Å². The molecule has 23 heavy (non-hydrogen) atoms. The van der Waals surface area contributed by atoms with Gasteiger partial charge in [-0.05, 0) is 30.5 Å². The lowest BCUT2D eigenvalue weighted by Crippen LogP contribution is -2.41. The molecular formula is C14H18ClNO6S. The molecule has 0 saturated heterocycles. The van der Waals surface area contributed by atoms with Gasteiger partial charge < -0.3 is 9.84 Å². The number of hydrogen-bond acceptors (Lipinski definition) is 5. The first-order chi connectivity index (χ1) is 10.6. The molecule has 0 unspecified atom stereocenters. The molecule has 9 heteroatoms. The van der Waals surface area contributed by atoms with E-state index in [-0.39, 0.29) is 27.8 Å². The van der Waals surface area contributed by atoms with Crippen LogP contribution in [0.2, 0.25) is 5.02 Å². The number of sulfonamides is 1. The summed E-state index contributed by atoms with van der Waals surface area (Å²) in [4.78, 5) is 22.4. The zero-order valence-electron chi connectivity index (χ0n) is 12.9. The average molecular weight is 364 g/mol. The number of methoxy groups -OCH3 is 1. The monoisotopic (exact) mass is 363 g/mol. The fraction of sp³-hybridized carbons (Fsp3) is 0.429. The van der Waals surface area contributed by atoms with Gasteiger partial charge in [0, 0.05) is 0 Å². The number of nitrogens with one attached hydrogen (secondary N) is 1. The van der Waals surface area contributed by atoms with Crippen LogP contribution >= 0.6 is 11.6 Å². The van der Waals surface area contributed by atoms with Gasteiger partial charge >= 0.3 is 11.9 Å². The zero-order chi connectivity index (χ0) is 17.8. The van der Waals surface area contributed by atoms with Gasteiger partial charge in [-0.15, -0.1) is 0 Å². The first-order valence-electron chi connectivity index (χ1n) is 6.71. The molecule has 0 aliphatic heterocycles. The molecule has 0 amide bonds. The molecule has 2 N–H and O–H groups in total. The molecule has 1 atom stereocenters. The summed E-state index contributed by atoms with van der Waals surface area (Å²) in [6.45, 7) is 3.57. The maximum atomic E-state index is 12.3. The number of aliphatic carboxylic acids is 1. The number of carboxylic acid groups (broad SMARTS) is 1. The highest BCUT2D eigenvalue weighted by atomic mass is 35.5. The Bertz CT molecular complexity index is 701. The molecule has 0 heterocycles. The van der Waals surface area contributed by atoms with Crippen LogP contribution in [0.25, 0.3) is 0 Å². The number of carbonyl (C=O) groups is 2. The normalized spacial score (nSPS) is 12.9. The number of rotatable bonds is 7. The van der Waals surface area contributed by atoms with Crippen molar-refractivity contribution in [2.24, 2.45) is 5.92 Å². The lowest BCUT2D eigenvalue weighted by molar-refractivity contribution is -0.139. The van der Waals surface area contributed by atoms with Crippen LogP contribution in [-0.4, -0.2) is 38.6 Å². The number of hydrogen-bond donors (Lipinski definition) is 2. The predicted octanol–water partition coefficient (Wildman–Crippen LogP) is 1.90. The molecule has 0 aromatic heterocycles. The minimum Gasteiger partial charge on any atom is -0.480 e. The summed E-state index contributed by atoms with van der Waals surface area (Å²) in [5.74, 6) is -1.97. The summed E-state index contributed by atoms with van der Waals surface area (Å²) in [7, 11) is -2.91. The molecule has 0 aliphatic carbocycles. The fourth-order valence-electron chi connectivity index (χ4n) is 1.86. The third-order valence-corrected chi connectivity index (χ3v) is 4.74. The first-order valence-corrected chi connectivity index (χ1v) is 8.57. The largest absolute Gasteiger partial charge is 0.480 e. The minimum atomic E-state index is -4.09. The summed E-state index contributed by atoms with van der Waals surface area (Å²) >= 11 is 5.88. The molecule has 0 radical (unpaired) electrons. The Morgan fingerprint density at radius 2 is 1.96 bits per heavy atom. The Hall–Kier alpha value is -1.64. The highest BCUT2D eigenvalue weighted by Gasteiger charge is 2.27. The van der Waals surface area contributed by atoms with Crippen LogP contribution in [0.5, 0.6) is 0 Å². The standard InChI is InChI=1S/C14H18ClNO6S/c1-8(2)6-12(13(17)18)16-23(20,21)9-4-5-10(11(15)7-9)14(19)22-3/h4-5,7-8,12,16H,6H2,1-3H3,(H,17,18)/t12-/m0/s1. The number of halogens is 1. The van der Waals surface area contributed by atoms with Crippen LogP contribution in [0.3, 0.4) is 0 Å². The number of carbonyl (C=O) groups excluding carboxylic acids is 1. The van der Waals surface area contributed by atoms with Crippen molar-refractivity contribution in [1.29, 1.82) is 0 Å². The summed E-state index contributed by atoms with van der Waals surface area (Å²) in [5, 5.41) is 9.02. The topological polar surface area (TPSA) is 110 Å². The van der Waals surface area contributed by atoms with Crippen LogP contribution < -0.4 is 4.72 Å². The van der Waals surface area contributed by atoms with Gasteiger partial charge in [-0.1, -0.05) is 25.4 Å². The third kappa shape index (κ3) is 5.19. The Morgan fingerprint density at radius 3 is 2.39 bits per heavy atom. The van der Waals surface area contributed by atoms with Gasteiger partial charge in [0.25, 0.3) is 0 Å². The first kappa shape index (κ1) is 19.4. The van der Waals surface area contributed by atoms with E-state index in [0.717, 1.165) is 12.1 Å². The molecule has 0 spiro atoms. The molecule has 0 fully saturated rings. The summed E-state index contributed by atoms with van der Waals surface area (Å²) in [6.07, 6.45) is 0.141. The van der Waals surface area contributed by atoms with E-state index >= 15 is 0 Å². The third-order valence-electron chi connectivity index (χ3n) is 2.96. The number of ether oxygens (including phenoxy) is 1. The van der Waals surface area contributed by atoms with E-state index in [4.69, 9.17) is 16.7 Å². The van der Waals surface area contributed by atoms with E-state index in [1.54, 1.807) is 13.8 Å². The van der Waals surface area contributed by atoms with Gasteiger partial charge in [-0.25, -0.2) is 13.2 Å². The van der Waals surface area contributed by atoms with Crippen LogP contribution in [-0.2, 0) is 19.6 Å². The smallest absolute Gasteiger partial charge is 0.339 e. The van der Waals surface area contributed by atoms with E-state index in [1.807, 2.05) is 0 Å². The lowest BCUT2D eigenvalue weighted by Gasteiger charge is -2.17. The van der Waals surface area contributed by atoms with Crippen molar-refractivity contribution in [1.82, 2.24) is 4.72 Å². The van der Waals surface area contributed by atoms with Crippen molar-refractivity contribution in [3.05, 3.63) is 28.8 Å². The van der Waals surface area contributed by atoms with Crippen molar-refractivity contribution in [3.63, 3.8) is 0 Å². The van der Waals surface area contributed by atoms with Crippen molar-refractivity contribution in [2.45, 2.75) is 31.2 Å². The minimum absolute atomic E-state index is 0.0101. The maximum absolute atomic E-state index is 12.3. The summed E-state index contributed by atoms with van der Waals surface area (Å²) in [6, 6.07) is 2.19. The predicted molar refractivity (Wildman–Crippen MR) is 84.0 cm³/mol. The van der Waals surface area contributed by atoms with E-state index in [2.05, 4.69) is 9.46 Å². The van der Waals surface area contributed by atoms with Gasteiger partial charge in [0.2, 0.25) is 10.0 Å². The van der Waals surface area contributed by atoms with E-state index in [0.29, 0.717) is 0 Å². The van der Waals surface area contributed by atoms with Crippen LogP contribution in [0.4, 0.5) is 0 Å². The average Bonchev–Trinajstić information content (AvgIpc) is 2.44. The molecule has 1 aromatic rings. The molecule has 128 valence electrons. The number of carboxylic acids is 1. The Morgan fingerprint density at radius 1 is 1.35 bits per heavy atom. The van der Waals surface area contributed by atoms with Crippen LogP contribution in [0.1, 0.15) is 30.6 Å². The SMILES string of the molecule is COC(=O)c1ccc(S(=O)(=O)N[C@@H](CC(C)C)C(=O)O)cc1Cl. The van der Waals surface area contributed by atoms with Crippen molar-refractivity contribution in [2.75, 3.05) is 7.11 Å². The van der Waals surface area contributed by atoms with Gasteiger partial charge in [0.15, 0.2) is 0 Å². The molecule has 0 saturated carbocycles. The van der Waals surface area contributed by atoms with Gasteiger partial charge in [0.05, 0.1) is 22.6 Å². The molecule has 0 bridgehead atoms. The molecule has 1 aromatic carbocycles. The van der Waals surface area contributed by atoms with E-state index in [9.17, 15) is 18.0 Å². The summed E-state index contributed by atoms with van der Waals surface area (Å²) in [5.41, 5.74) is 0.0186. The molecular weight excluding hydrogens is 346 g/mol. The Balaban J connectivity index is 3.11. The highest BCUT2D eigenvalue weighted by molar-refractivity contribution is 7.89. The molecule has 1 rings (SSSR count).